The number of piperazine rings is 1. The first-order valence-corrected chi connectivity index (χ1v) is 26.0. The van der Waals surface area contributed by atoms with Crippen LogP contribution >= 0.6 is 23.5 Å². The second kappa shape index (κ2) is 19.9. The van der Waals surface area contributed by atoms with Crippen molar-refractivity contribution < 1.29 is 71.4 Å². The van der Waals surface area contributed by atoms with Crippen molar-refractivity contribution in [1.29, 1.82) is 0 Å². The lowest BCUT2D eigenvalue weighted by atomic mass is 9.95. The fraction of sp³-hybridized carbons (Fsp3) is 0.477. The van der Waals surface area contributed by atoms with E-state index in [1.54, 1.807) is 95.3 Å². The topological polar surface area (TPSA) is 330 Å². The Morgan fingerprint density at radius 1 is 0.639 bits per heavy atom. The summed E-state index contributed by atoms with van der Waals surface area (Å²) < 4.78 is 22.6. The molecule has 8 atom stereocenters. The zero-order valence-corrected chi connectivity index (χ0v) is 42.0. The summed E-state index contributed by atoms with van der Waals surface area (Å²) in [5, 5.41) is 28.2. The maximum Gasteiger partial charge on any atom is 0.341 e. The lowest BCUT2D eigenvalue weighted by Crippen LogP contribution is -2.71. The van der Waals surface area contributed by atoms with E-state index in [1.807, 2.05) is 0 Å². The van der Waals surface area contributed by atoms with Gasteiger partial charge in [0.15, 0.2) is 0 Å². The standard InChI is InChI=1S/C23H27N5O7S.C21H25N5O8S2/c1-4-26-10-11-27(19(32)18(26)31)22(35)25-13(12-8-6-5-7-9-12)16(29)24-14-17(30)28-15(21(33)34)23(2,3)36-20(14)28;1-21(2)14(18(29)30)26-16(28)13(17(26)35-21)22-15(27)12(11-7-5-4-6-8-11)23-19(31)24-9-10-25(20(24)32)36(3,33)34/h5-9,13-15,20H,4,10-11H2,1-3H3,(H,24,29)(H,25,35)(H,33,34);4-8,12-14,17H,9-10H2,1-3H3,(H,22,27)(H,23,31)(H,29,30)/t13-,14-,15+,20-;12-,13-,14+,17-/m11/s1. The summed E-state index contributed by atoms with van der Waals surface area (Å²) in [4.78, 5) is 144. The van der Waals surface area contributed by atoms with E-state index < -0.39 is 132 Å². The number of sulfonamides is 1. The van der Waals surface area contributed by atoms with Crippen LogP contribution in [0.2, 0.25) is 0 Å². The molecule has 25 nitrogen and oxygen atoms in total. The summed E-state index contributed by atoms with van der Waals surface area (Å²) in [7, 11) is -3.87. The number of nitrogens with zero attached hydrogens (tertiary/aromatic N) is 6. The first kappa shape index (κ1) is 52.9. The molecular weight excluding hydrogens is 1000 g/mol. The molecule has 2 aromatic rings. The van der Waals surface area contributed by atoms with Gasteiger partial charge >= 0.3 is 41.8 Å². The summed E-state index contributed by atoms with van der Waals surface area (Å²) in [6, 6.07) is 6.87. The SMILES string of the molecule is CC1(C)S[C@@H]2[C@H](NC(=O)[C@H](NC(=O)N3CCN(S(C)(=O)=O)C3=O)c3ccccc3)C(=O)N2[C@H]1C(=O)O.CCN1CCN(C(=O)N[C@@H](C(=O)N[C@@H]2C(=O)N3[C@@H]2SC(C)(C)[C@@H]3C(=O)O)c2ccccc2)C(=O)C1=O. The first-order valence-electron chi connectivity index (χ1n) is 22.4. The van der Waals surface area contributed by atoms with Crippen molar-refractivity contribution in [3.05, 3.63) is 71.8 Å². The minimum absolute atomic E-state index is 0.0200. The van der Waals surface area contributed by atoms with Crippen LogP contribution in [-0.2, 0) is 48.4 Å². The van der Waals surface area contributed by atoms with Gasteiger partial charge < -0.3 is 46.2 Å². The van der Waals surface area contributed by atoms with Crippen LogP contribution in [0.3, 0.4) is 0 Å². The lowest BCUT2D eigenvalue weighted by molar-refractivity contribution is -0.161. The monoisotopic (exact) mass is 1060 g/mol. The summed E-state index contributed by atoms with van der Waals surface area (Å²) >= 11 is 2.54. The zero-order valence-electron chi connectivity index (χ0n) is 39.5. The van der Waals surface area contributed by atoms with Gasteiger partial charge in [-0.3, -0.25) is 33.7 Å². The Bertz CT molecular complexity index is 2730. The molecule has 28 heteroatoms. The highest BCUT2D eigenvalue weighted by atomic mass is 32.2. The third-order valence-electron chi connectivity index (χ3n) is 12.8. The Balaban J connectivity index is 0.000000211. The zero-order chi connectivity index (χ0) is 52.9. The molecule has 6 fully saturated rings. The number of amides is 12. The number of likely N-dealkylation sites (N-methyl/N-ethyl adjacent to an activating group) is 1. The van der Waals surface area contributed by atoms with E-state index in [0.717, 1.165) is 11.2 Å². The van der Waals surface area contributed by atoms with Crippen molar-refractivity contribution in [3.8, 4) is 0 Å². The number of hydrogen-bond acceptors (Lipinski definition) is 15. The van der Waals surface area contributed by atoms with Gasteiger partial charge in [-0.05, 0) is 45.7 Å². The molecule has 386 valence electrons. The number of hydrogen-bond donors (Lipinski definition) is 6. The van der Waals surface area contributed by atoms with Gasteiger partial charge in [-0.1, -0.05) is 60.7 Å². The number of rotatable bonds is 12. The number of β-lactam (4-membered cyclic amide) rings is 2. The molecule has 0 unspecified atom stereocenters. The molecule has 0 saturated carbocycles. The molecular formula is C44H52N10O15S3. The molecule has 0 aromatic heterocycles. The van der Waals surface area contributed by atoms with Crippen LogP contribution in [0.15, 0.2) is 60.7 Å². The number of carboxylic acid groups (broad SMARTS) is 2. The number of carbonyl (C=O) groups excluding carboxylic acids is 9. The van der Waals surface area contributed by atoms with Crippen molar-refractivity contribution in [2.24, 2.45) is 0 Å². The Labute approximate surface area is 420 Å². The molecule has 0 spiro atoms. The number of fused-ring (bicyclic) bond motifs is 2. The van der Waals surface area contributed by atoms with Crippen molar-refractivity contribution >= 4 is 99.0 Å². The van der Waals surface area contributed by atoms with Crippen LogP contribution in [0, 0.1) is 0 Å². The number of thioether (sulfide) groups is 2. The third-order valence-corrected chi connectivity index (χ3v) is 17.1. The van der Waals surface area contributed by atoms with E-state index in [-0.39, 0.29) is 26.2 Å². The van der Waals surface area contributed by atoms with Gasteiger partial charge in [0.2, 0.25) is 33.7 Å². The maximum atomic E-state index is 13.3. The molecule has 12 amide bonds. The predicted molar refractivity (Wildman–Crippen MR) is 254 cm³/mol. The van der Waals surface area contributed by atoms with E-state index in [2.05, 4.69) is 21.3 Å². The van der Waals surface area contributed by atoms with Crippen LogP contribution in [0.25, 0.3) is 0 Å². The van der Waals surface area contributed by atoms with E-state index in [1.165, 1.54) is 38.2 Å². The van der Waals surface area contributed by atoms with Gasteiger partial charge in [0.25, 0.3) is 0 Å². The molecule has 8 rings (SSSR count). The van der Waals surface area contributed by atoms with Gasteiger partial charge in [-0.25, -0.2) is 41.6 Å². The van der Waals surface area contributed by atoms with E-state index in [9.17, 15) is 71.4 Å². The maximum absolute atomic E-state index is 13.3. The number of imide groups is 2. The molecule has 6 aliphatic rings. The van der Waals surface area contributed by atoms with Crippen LogP contribution < -0.4 is 21.3 Å². The number of carbonyl (C=O) groups is 11. The van der Waals surface area contributed by atoms with Gasteiger partial charge in [-0.2, -0.15) is 0 Å². The second-order valence-electron chi connectivity index (χ2n) is 18.4. The Kier molecular flexibility index (Phi) is 14.6. The number of urea groups is 3. The Morgan fingerprint density at radius 2 is 1.04 bits per heavy atom. The quantitative estimate of drug-likeness (QED) is 0.116. The normalized spacial score (nSPS) is 25.7. The van der Waals surface area contributed by atoms with Gasteiger partial charge in [0.05, 0.1) is 19.3 Å². The van der Waals surface area contributed by atoms with Gasteiger partial charge in [-0.15, -0.1) is 23.5 Å². The average molecular weight is 1060 g/mol. The Morgan fingerprint density at radius 3 is 1.42 bits per heavy atom. The van der Waals surface area contributed by atoms with E-state index in [4.69, 9.17) is 0 Å². The Hall–Kier alpha value is -6.94. The van der Waals surface area contributed by atoms with Crippen LogP contribution in [0.4, 0.5) is 14.4 Å². The molecule has 0 radical (unpaired) electrons. The van der Waals surface area contributed by atoms with Crippen molar-refractivity contribution in [1.82, 2.24) is 50.1 Å². The fourth-order valence-corrected chi connectivity index (χ4v) is 13.3. The third kappa shape index (κ3) is 9.85. The summed E-state index contributed by atoms with van der Waals surface area (Å²) in [5.41, 5.74) is 0.766. The molecule has 6 saturated heterocycles. The molecule has 6 N–H and O–H groups in total. The molecule has 0 aliphatic carbocycles. The average Bonchev–Trinajstić information content (AvgIpc) is 3.94. The predicted octanol–water partition coefficient (Wildman–Crippen LogP) is -0.474. The smallest absolute Gasteiger partial charge is 0.341 e. The molecule has 72 heavy (non-hydrogen) atoms. The highest BCUT2D eigenvalue weighted by molar-refractivity contribution is 8.02. The largest absolute Gasteiger partial charge is 0.480 e. The number of benzene rings is 2. The molecule has 6 heterocycles. The fourth-order valence-electron chi connectivity index (χ4n) is 9.24. The van der Waals surface area contributed by atoms with Crippen LogP contribution in [0.1, 0.15) is 57.8 Å². The van der Waals surface area contributed by atoms with Crippen molar-refractivity contribution in [3.63, 3.8) is 0 Å². The summed E-state index contributed by atoms with van der Waals surface area (Å²) in [5.74, 6) is -6.54. The lowest BCUT2D eigenvalue weighted by Gasteiger charge is -2.44. The number of carboxylic acids is 2. The minimum atomic E-state index is -3.87. The van der Waals surface area contributed by atoms with E-state index >= 15 is 0 Å². The van der Waals surface area contributed by atoms with Crippen molar-refractivity contribution in [2.45, 2.75) is 91.1 Å². The summed E-state index contributed by atoms with van der Waals surface area (Å²) in [6.07, 6.45) is 0.850. The highest BCUT2D eigenvalue weighted by Gasteiger charge is 2.65. The molecule has 0 bridgehead atoms. The van der Waals surface area contributed by atoms with E-state index in [0.29, 0.717) is 26.9 Å². The highest BCUT2D eigenvalue weighted by Crippen LogP contribution is 2.52. The number of nitrogens with one attached hydrogen (secondary N) is 4. The van der Waals surface area contributed by atoms with Crippen LogP contribution in [0.5, 0.6) is 0 Å². The summed E-state index contributed by atoms with van der Waals surface area (Å²) in [6.45, 7) is 8.69. The molecule has 6 aliphatic heterocycles. The number of aliphatic carboxylic acids is 2. The minimum Gasteiger partial charge on any atom is -0.480 e. The van der Waals surface area contributed by atoms with Gasteiger partial charge in [0.1, 0.15) is 47.0 Å². The van der Waals surface area contributed by atoms with Crippen LogP contribution in [-0.4, -0.2) is 196 Å². The first-order chi connectivity index (χ1) is 33.7. The molecule has 2 aromatic carbocycles. The second-order valence-corrected chi connectivity index (χ2v) is 23.8. The van der Waals surface area contributed by atoms with Crippen molar-refractivity contribution in [2.75, 3.05) is 39.0 Å². The van der Waals surface area contributed by atoms with Gasteiger partial charge in [0, 0.05) is 29.1 Å².